The van der Waals surface area contributed by atoms with Crippen LogP contribution in [0.3, 0.4) is 0 Å². The molecule has 0 aliphatic rings. The third kappa shape index (κ3) is 4.37. The van der Waals surface area contributed by atoms with Gasteiger partial charge in [0.2, 0.25) is 0 Å². The summed E-state index contributed by atoms with van der Waals surface area (Å²) in [6, 6.07) is 0. The third-order valence-corrected chi connectivity index (χ3v) is 2.50. The Morgan fingerprint density at radius 2 is 1.93 bits per heavy atom. The highest BCUT2D eigenvalue weighted by Gasteiger charge is 2.11. The Bertz CT molecular complexity index is 246. The summed E-state index contributed by atoms with van der Waals surface area (Å²) in [6.45, 7) is 13.6. The Balaban J connectivity index is 5.11. The van der Waals surface area contributed by atoms with Crippen molar-refractivity contribution >= 4 is 0 Å². The summed E-state index contributed by atoms with van der Waals surface area (Å²) in [5, 5.41) is 0. The normalized spacial score (nSPS) is 13.2. The number of likely N-dealkylation sites (N-methyl/N-ethyl adjacent to an activating group) is 1. The maximum Gasteiger partial charge on any atom is 0.0395 e. The molecule has 15 heavy (non-hydrogen) atoms. The lowest BCUT2D eigenvalue weighted by atomic mass is 9.97. The number of nitrogens with zero attached hydrogens (tertiary/aromatic N) is 1. The molecule has 0 heterocycles. The van der Waals surface area contributed by atoms with Gasteiger partial charge in [-0.05, 0) is 30.9 Å². The Hall–Kier alpha value is -0.980. The van der Waals surface area contributed by atoms with Gasteiger partial charge in [0, 0.05) is 19.3 Å². The topological polar surface area (TPSA) is 3.24 Å². The molecule has 0 unspecified atom stereocenters. The van der Waals surface area contributed by atoms with Crippen molar-refractivity contribution in [1.82, 2.24) is 4.90 Å². The number of rotatable bonds is 6. The van der Waals surface area contributed by atoms with E-state index in [2.05, 4.69) is 58.4 Å². The van der Waals surface area contributed by atoms with Crippen molar-refractivity contribution < 1.29 is 0 Å². The Labute approximate surface area is 95.2 Å². The van der Waals surface area contributed by atoms with Crippen LogP contribution in [0.5, 0.6) is 0 Å². The molecule has 0 aliphatic carbocycles. The van der Waals surface area contributed by atoms with E-state index in [1.807, 2.05) is 6.08 Å². The summed E-state index contributed by atoms with van der Waals surface area (Å²) in [5.74, 6) is 0.560. The summed E-state index contributed by atoms with van der Waals surface area (Å²) < 4.78 is 0. The van der Waals surface area contributed by atoms with E-state index in [1.165, 1.54) is 11.3 Å². The summed E-state index contributed by atoms with van der Waals surface area (Å²) in [7, 11) is 2.13. The van der Waals surface area contributed by atoms with Crippen molar-refractivity contribution in [2.24, 2.45) is 5.92 Å². The van der Waals surface area contributed by atoms with Crippen molar-refractivity contribution in [3.63, 3.8) is 0 Å². The standard InChI is InChI=1S/C14H25N/c1-7-10-13(12(4)5)14(11-8-2)15(6)9-3/h8,10-12H,2,7,9H2,1,3-6H3/b13-10-,14-11-. The quantitative estimate of drug-likeness (QED) is 0.595. The average Bonchev–Trinajstić information content (AvgIpc) is 2.21. The molecule has 0 fully saturated rings. The SMILES string of the molecule is C=C/C=C(/C(=C\CC)C(C)C)N(C)CC. The second kappa shape index (κ2) is 7.33. The number of hydrogen-bond acceptors (Lipinski definition) is 1. The predicted molar refractivity (Wildman–Crippen MR) is 69.8 cm³/mol. The lowest BCUT2D eigenvalue weighted by Gasteiger charge is -2.25. The minimum absolute atomic E-state index is 0.560. The molecule has 0 bridgehead atoms. The molecule has 0 N–H and O–H groups in total. The van der Waals surface area contributed by atoms with Gasteiger partial charge in [-0.3, -0.25) is 0 Å². The summed E-state index contributed by atoms with van der Waals surface area (Å²) >= 11 is 0. The van der Waals surface area contributed by atoms with Gasteiger partial charge in [0.25, 0.3) is 0 Å². The first kappa shape index (κ1) is 14.0. The van der Waals surface area contributed by atoms with Gasteiger partial charge in [-0.1, -0.05) is 39.5 Å². The van der Waals surface area contributed by atoms with Gasteiger partial charge in [0.05, 0.1) is 0 Å². The summed E-state index contributed by atoms with van der Waals surface area (Å²) in [5.41, 5.74) is 2.71. The Morgan fingerprint density at radius 3 is 2.27 bits per heavy atom. The minimum atomic E-state index is 0.560. The smallest absolute Gasteiger partial charge is 0.0395 e. The summed E-state index contributed by atoms with van der Waals surface area (Å²) in [4.78, 5) is 2.27. The average molecular weight is 207 g/mol. The molecule has 0 amide bonds. The molecule has 0 atom stereocenters. The van der Waals surface area contributed by atoms with Crippen molar-refractivity contribution in [2.75, 3.05) is 13.6 Å². The van der Waals surface area contributed by atoms with Gasteiger partial charge in [-0.25, -0.2) is 0 Å². The molecular weight excluding hydrogens is 182 g/mol. The van der Waals surface area contributed by atoms with Gasteiger partial charge < -0.3 is 4.90 Å². The van der Waals surface area contributed by atoms with Crippen LogP contribution in [0.25, 0.3) is 0 Å². The van der Waals surface area contributed by atoms with Crippen LogP contribution in [0.2, 0.25) is 0 Å². The highest BCUT2D eigenvalue weighted by molar-refractivity contribution is 5.33. The van der Waals surface area contributed by atoms with Gasteiger partial charge in [0.1, 0.15) is 0 Å². The van der Waals surface area contributed by atoms with Crippen molar-refractivity contribution in [2.45, 2.75) is 34.1 Å². The molecule has 0 aromatic heterocycles. The van der Waals surface area contributed by atoms with Crippen LogP contribution in [0.15, 0.2) is 36.1 Å². The highest BCUT2D eigenvalue weighted by Crippen LogP contribution is 2.22. The number of hydrogen-bond donors (Lipinski definition) is 0. The molecule has 1 nitrogen and oxygen atoms in total. The summed E-state index contributed by atoms with van der Waals surface area (Å²) in [6.07, 6.45) is 7.37. The van der Waals surface area contributed by atoms with Crippen LogP contribution >= 0.6 is 0 Å². The van der Waals surface area contributed by atoms with Crippen molar-refractivity contribution in [1.29, 1.82) is 0 Å². The lowest BCUT2D eigenvalue weighted by molar-refractivity contribution is 0.439. The van der Waals surface area contributed by atoms with E-state index in [4.69, 9.17) is 0 Å². The van der Waals surface area contributed by atoms with Gasteiger partial charge in [-0.15, -0.1) is 0 Å². The first-order valence-corrected chi connectivity index (χ1v) is 5.82. The maximum atomic E-state index is 3.79. The monoisotopic (exact) mass is 207 g/mol. The van der Waals surface area contributed by atoms with Gasteiger partial charge in [-0.2, -0.15) is 0 Å². The number of allylic oxidation sites excluding steroid dienone is 4. The molecule has 0 saturated heterocycles. The van der Waals surface area contributed by atoms with E-state index in [0.29, 0.717) is 5.92 Å². The second-order valence-corrected chi connectivity index (χ2v) is 4.02. The van der Waals surface area contributed by atoms with Crippen LogP contribution < -0.4 is 0 Å². The molecule has 0 aromatic rings. The molecule has 0 spiro atoms. The zero-order chi connectivity index (χ0) is 11.8. The largest absolute Gasteiger partial charge is 0.375 e. The maximum absolute atomic E-state index is 3.79. The molecule has 0 aliphatic heterocycles. The Kier molecular flexibility index (Phi) is 6.85. The highest BCUT2D eigenvalue weighted by atomic mass is 15.1. The fraction of sp³-hybridized carbons (Fsp3) is 0.571. The van der Waals surface area contributed by atoms with Gasteiger partial charge >= 0.3 is 0 Å². The van der Waals surface area contributed by atoms with Crippen LogP contribution in [-0.4, -0.2) is 18.5 Å². The van der Waals surface area contributed by atoms with Crippen LogP contribution in [0.1, 0.15) is 34.1 Å². The predicted octanol–water partition coefficient (Wildman–Crippen LogP) is 4.00. The van der Waals surface area contributed by atoms with Crippen LogP contribution in [-0.2, 0) is 0 Å². The zero-order valence-electron chi connectivity index (χ0n) is 10.9. The van der Waals surface area contributed by atoms with E-state index in [-0.39, 0.29) is 0 Å². The second-order valence-electron chi connectivity index (χ2n) is 4.02. The van der Waals surface area contributed by atoms with E-state index < -0.39 is 0 Å². The third-order valence-electron chi connectivity index (χ3n) is 2.50. The van der Waals surface area contributed by atoms with Crippen molar-refractivity contribution in [3.8, 4) is 0 Å². The molecule has 0 radical (unpaired) electrons. The fourth-order valence-corrected chi connectivity index (χ4v) is 1.58. The molecular formula is C14H25N. The Morgan fingerprint density at radius 1 is 1.33 bits per heavy atom. The van der Waals surface area contributed by atoms with E-state index in [0.717, 1.165) is 13.0 Å². The molecule has 0 aromatic carbocycles. The van der Waals surface area contributed by atoms with E-state index >= 15 is 0 Å². The molecule has 0 rings (SSSR count). The van der Waals surface area contributed by atoms with E-state index in [1.54, 1.807) is 0 Å². The van der Waals surface area contributed by atoms with Crippen molar-refractivity contribution in [3.05, 3.63) is 36.1 Å². The van der Waals surface area contributed by atoms with Gasteiger partial charge in [0.15, 0.2) is 0 Å². The first-order chi connectivity index (χ1) is 7.08. The lowest BCUT2D eigenvalue weighted by Crippen LogP contribution is -2.20. The fourth-order valence-electron chi connectivity index (χ4n) is 1.58. The van der Waals surface area contributed by atoms with Crippen LogP contribution in [0.4, 0.5) is 0 Å². The zero-order valence-corrected chi connectivity index (χ0v) is 10.9. The first-order valence-electron chi connectivity index (χ1n) is 5.82. The molecule has 0 saturated carbocycles. The molecule has 1 heteroatoms. The van der Waals surface area contributed by atoms with Crippen LogP contribution in [0, 0.1) is 5.92 Å². The minimum Gasteiger partial charge on any atom is -0.375 e. The van der Waals surface area contributed by atoms with E-state index in [9.17, 15) is 0 Å². The molecule has 86 valence electrons.